The van der Waals surface area contributed by atoms with Gasteiger partial charge in [0.25, 0.3) is 5.91 Å². The second-order valence-corrected chi connectivity index (χ2v) is 8.42. The lowest BCUT2D eigenvalue weighted by Crippen LogP contribution is -2.38. The van der Waals surface area contributed by atoms with Crippen LogP contribution in [0.5, 0.6) is 11.6 Å². The van der Waals surface area contributed by atoms with Crippen molar-refractivity contribution in [1.82, 2.24) is 19.8 Å². The topological polar surface area (TPSA) is 87.8 Å². The molecule has 0 fully saturated rings. The van der Waals surface area contributed by atoms with Crippen LogP contribution in [-0.2, 0) is 11.3 Å². The van der Waals surface area contributed by atoms with Gasteiger partial charge in [-0.3, -0.25) is 9.59 Å². The lowest BCUT2D eigenvalue weighted by atomic mass is 10.2. The van der Waals surface area contributed by atoms with Gasteiger partial charge in [-0.05, 0) is 44.2 Å². The van der Waals surface area contributed by atoms with Crippen LogP contribution in [0.15, 0.2) is 72.8 Å². The first-order valence-electron chi connectivity index (χ1n) is 12.1. The Morgan fingerprint density at radius 2 is 1.76 bits per heavy atom. The lowest BCUT2D eigenvalue weighted by Gasteiger charge is -2.24. The van der Waals surface area contributed by atoms with E-state index in [0.717, 1.165) is 28.8 Å². The van der Waals surface area contributed by atoms with E-state index in [9.17, 15) is 9.59 Å². The summed E-state index contributed by atoms with van der Waals surface area (Å²) in [5.41, 5.74) is 3.42. The van der Waals surface area contributed by atoms with Gasteiger partial charge in [0.15, 0.2) is 0 Å². The van der Waals surface area contributed by atoms with Gasteiger partial charge in [0.05, 0.1) is 26.5 Å². The molecule has 2 heterocycles. The maximum Gasteiger partial charge on any atom is 0.270 e. The van der Waals surface area contributed by atoms with Crippen LogP contribution in [0.4, 0.5) is 0 Å². The molecule has 0 saturated heterocycles. The fraction of sp³-hybridized carbons (Fsp3) is 0.276. The summed E-state index contributed by atoms with van der Waals surface area (Å²) >= 11 is 0. The van der Waals surface area contributed by atoms with Crippen molar-refractivity contribution in [3.05, 3.63) is 89.7 Å². The molecule has 2 aromatic heterocycles. The number of carbonyl (C=O) groups is 2. The number of fused-ring (bicyclic) bond motifs is 1. The first-order valence-corrected chi connectivity index (χ1v) is 12.1. The Kier molecular flexibility index (Phi) is 10.1. The van der Waals surface area contributed by atoms with Crippen molar-refractivity contribution in [3.8, 4) is 11.6 Å². The van der Waals surface area contributed by atoms with E-state index < -0.39 is 0 Å². The molecule has 0 saturated carbocycles. The highest BCUT2D eigenvalue weighted by atomic mass is 16.5. The number of nitrogens with zero attached hydrogens (tertiary/aromatic N) is 3. The largest absolute Gasteiger partial charge is 0.497 e. The molecule has 8 nitrogen and oxygen atoms in total. The molecule has 8 heteroatoms. The Hall–Kier alpha value is -4.33. The minimum atomic E-state index is -0.113. The molecule has 194 valence electrons. The quantitative estimate of drug-likeness (QED) is 0.318. The predicted octanol–water partition coefficient (Wildman–Crippen LogP) is 4.70. The molecule has 0 aliphatic heterocycles. The second-order valence-electron chi connectivity index (χ2n) is 8.42. The summed E-state index contributed by atoms with van der Waals surface area (Å²) in [6.45, 7) is 5.69. The van der Waals surface area contributed by atoms with E-state index in [4.69, 9.17) is 9.47 Å². The van der Waals surface area contributed by atoms with Crippen LogP contribution in [0, 0.1) is 6.92 Å². The Balaban J connectivity index is 0.000000468. The van der Waals surface area contributed by atoms with Gasteiger partial charge in [-0.25, -0.2) is 4.98 Å². The third-order valence-corrected chi connectivity index (χ3v) is 5.83. The molecule has 0 atom stereocenters. The number of pyridine rings is 1. The van der Waals surface area contributed by atoms with E-state index in [-0.39, 0.29) is 5.91 Å². The molecule has 0 aliphatic carbocycles. The van der Waals surface area contributed by atoms with Gasteiger partial charge in [0, 0.05) is 36.6 Å². The molecule has 0 unspecified atom stereocenters. The van der Waals surface area contributed by atoms with Gasteiger partial charge < -0.3 is 24.3 Å². The minimum absolute atomic E-state index is 0.113. The van der Waals surface area contributed by atoms with E-state index in [0.29, 0.717) is 37.8 Å². The summed E-state index contributed by atoms with van der Waals surface area (Å²) in [6.07, 6.45) is 0.773. The summed E-state index contributed by atoms with van der Waals surface area (Å²) in [7, 11) is 3.16. The first kappa shape index (κ1) is 27.3. The number of hydrogen-bond acceptors (Lipinski definition) is 5. The van der Waals surface area contributed by atoms with E-state index >= 15 is 0 Å². The average molecular weight is 503 g/mol. The molecular formula is C29H34N4O4. The van der Waals surface area contributed by atoms with Crippen LogP contribution >= 0.6 is 0 Å². The van der Waals surface area contributed by atoms with Gasteiger partial charge in [0.2, 0.25) is 12.3 Å². The molecule has 2 amide bonds. The van der Waals surface area contributed by atoms with Crippen molar-refractivity contribution in [1.29, 1.82) is 0 Å². The number of H-pyrrole nitrogens is 1. The molecule has 0 radical (unpaired) electrons. The first-order chi connectivity index (χ1) is 18.0. The van der Waals surface area contributed by atoms with Crippen LogP contribution in [-0.4, -0.2) is 65.9 Å². The Morgan fingerprint density at radius 1 is 0.973 bits per heavy atom. The summed E-state index contributed by atoms with van der Waals surface area (Å²) in [6, 6.07) is 23.1. The number of methoxy groups -OCH3 is 2. The predicted molar refractivity (Wildman–Crippen MR) is 145 cm³/mol. The van der Waals surface area contributed by atoms with E-state index in [1.807, 2.05) is 61.5 Å². The monoisotopic (exact) mass is 502 g/mol. The molecule has 1 N–H and O–H groups in total. The number of benzene rings is 2. The van der Waals surface area contributed by atoms with Gasteiger partial charge in [-0.1, -0.05) is 42.0 Å². The van der Waals surface area contributed by atoms with Crippen molar-refractivity contribution >= 4 is 23.2 Å². The highest BCUT2D eigenvalue weighted by Crippen LogP contribution is 2.22. The maximum atomic E-state index is 13.0. The van der Waals surface area contributed by atoms with E-state index in [2.05, 4.69) is 29.0 Å². The highest BCUT2D eigenvalue weighted by Gasteiger charge is 2.18. The maximum absolute atomic E-state index is 13.0. The lowest BCUT2D eigenvalue weighted by molar-refractivity contribution is -0.118. The zero-order chi connectivity index (χ0) is 26.6. The number of hydrogen-bond donors (Lipinski definition) is 1. The zero-order valence-electron chi connectivity index (χ0n) is 21.8. The fourth-order valence-corrected chi connectivity index (χ4v) is 3.75. The van der Waals surface area contributed by atoms with Gasteiger partial charge >= 0.3 is 0 Å². The summed E-state index contributed by atoms with van der Waals surface area (Å²) in [5, 5.41) is 0.910. The Bertz CT molecular complexity index is 1290. The number of aromatic nitrogens is 2. The molecule has 37 heavy (non-hydrogen) atoms. The molecule has 2 aromatic carbocycles. The Morgan fingerprint density at radius 3 is 2.38 bits per heavy atom. The molecular weight excluding hydrogens is 468 g/mol. The van der Waals surface area contributed by atoms with Gasteiger partial charge in [-0.15, -0.1) is 0 Å². The van der Waals surface area contributed by atoms with Crippen molar-refractivity contribution < 1.29 is 19.1 Å². The van der Waals surface area contributed by atoms with E-state index in [1.54, 1.807) is 30.1 Å². The van der Waals surface area contributed by atoms with Crippen molar-refractivity contribution in [2.75, 3.05) is 33.9 Å². The molecule has 0 spiro atoms. The average Bonchev–Trinajstić information content (AvgIpc) is 3.37. The third-order valence-electron chi connectivity index (χ3n) is 5.83. The van der Waals surface area contributed by atoms with Gasteiger partial charge in [0.1, 0.15) is 11.4 Å². The zero-order valence-corrected chi connectivity index (χ0v) is 21.8. The Labute approximate surface area is 217 Å². The van der Waals surface area contributed by atoms with Crippen molar-refractivity contribution in [2.45, 2.75) is 20.4 Å². The third kappa shape index (κ3) is 7.83. The number of amides is 2. The van der Waals surface area contributed by atoms with E-state index in [1.165, 1.54) is 5.56 Å². The molecule has 4 aromatic rings. The second kappa shape index (κ2) is 13.7. The number of nitrogens with one attached hydrogen (secondary N) is 1. The molecule has 0 aliphatic rings. The number of aryl methyl sites for hydroxylation is 1. The van der Waals surface area contributed by atoms with Crippen molar-refractivity contribution in [2.24, 2.45) is 0 Å². The number of carbonyl (C=O) groups excluding carboxylic acids is 2. The van der Waals surface area contributed by atoms with Crippen LogP contribution in [0.1, 0.15) is 28.7 Å². The van der Waals surface area contributed by atoms with Gasteiger partial charge in [-0.2, -0.15) is 0 Å². The summed E-state index contributed by atoms with van der Waals surface area (Å²) < 4.78 is 10.4. The summed E-state index contributed by atoms with van der Waals surface area (Å²) in [4.78, 5) is 35.3. The standard InChI is InChI=1S/C22H26N4O4.C7H8/c1-4-26(11-10-25(15-27)14-17-6-5-7-21(23-17)30-3)22(28)20-13-16-12-18(29-2)8-9-19(16)24-20;1-7-5-3-2-4-6-7/h5-9,12-13,15,24H,4,10-11,14H2,1-3H3;2-6H,1H3. The van der Waals surface area contributed by atoms with Crippen LogP contribution < -0.4 is 9.47 Å². The minimum Gasteiger partial charge on any atom is -0.497 e. The van der Waals surface area contributed by atoms with Crippen LogP contribution in [0.25, 0.3) is 10.9 Å². The van der Waals surface area contributed by atoms with Crippen LogP contribution in [0.3, 0.4) is 0 Å². The van der Waals surface area contributed by atoms with Crippen molar-refractivity contribution in [3.63, 3.8) is 0 Å². The molecule has 0 bridgehead atoms. The highest BCUT2D eigenvalue weighted by molar-refractivity contribution is 5.98. The smallest absolute Gasteiger partial charge is 0.270 e. The van der Waals surface area contributed by atoms with Crippen LogP contribution in [0.2, 0.25) is 0 Å². The fourth-order valence-electron chi connectivity index (χ4n) is 3.75. The number of aromatic amines is 1. The molecule has 4 rings (SSSR count). The number of likely N-dealkylation sites (N-methyl/N-ethyl adjacent to an activating group) is 1. The number of rotatable bonds is 10. The number of ether oxygens (including phenoxy) is 2. The normalized spacial score (nSPS) is 10.3. The SMILES string of the molecule is CCN(CCN(C=O)Cc1cccc(OC)n1)C(=O)c1cc2cc(OC)ccc2[nH]1.Cc1ccccc1. The summed E-state index contributed by atoms with van der Waals surface area (Å²) in [5.74, 6) is 1.12.